The van der Waals surface area contributed by atoms with Crippen molar-refractivity contribution in [2.45, 2.75) is 57.9 Å². The number of anilines is 1. The highest BCUT2D eigenvalue weighted by Gasteiger charge is 2.67. The molecule has 2 saturated carbocycles. The number of carbonyl (C=O) groups excluding carboxylic acids is 4. The lowest BCUT2D eigenvalue weighted by molar-refractivity contribution is -0.144. The molecule has 8 heteroatoms. The van der Waals surface area contributed by atoms with E-state index in [9.17, 15) is 24.3 Å². The maximum atomic E-state index is 14.4. The zero-order chi connectivity index (χ0) is 30.7. The molecule has 5 aliphatic rings. The van der Waals surface area contributed by atoms with E-state index in [1.54, 1.807) is 35.2 Å². The Morgan fingerprint density at radius 2 is 1.68 bits per heavy atom. The van der Waals surface area contributed by atoms with E-state index in [0.717, 1.165) is 43.2 Å². The van der Waals surface area contributed by atoms with Crippen LogP contribution in [0.15, 0.2) is 66.3 Å². The predicted octanol–water partition coefficient (Wildman–Crippen LogP) is 5.51. The van der Waals surface area contributed by atoms with E-state index in [1.165, 1.54) is 12.0 Å². The molecule has 2 saturated heterocycles. The standard InChI is InChI=1S/C36H38N2O6/c1-36-27(17-13-21-14-18-29(39)30(19-21)44-2)24-15-16-25-31(34(42)37(32(25)40)22-9-5-3-6-10-22)26(24)20-28(36)33(41)38(35(36)43)23-11-7-4-8-12-23/h4,7-8,11-15,17-19,22,25-28,31,39H,3,5-6,9-10,16,20H2,1-2H3. The van der Waals surface area contributed by atoms with E-state index in [2.05, 4.69) is 6.08 Å². The lowest BCUT2D eigenvalue weighted by Gasteiger charge is -2.48. The van der Waals surface area contributed by atoms with Crippen LogP contribution in [0.1, 0.15) is 57.4 Å². The topological polar surface area (TPSA) is 104 Å². The van der Waals surface area contributed by atoms with Crippen LogP contribution in [0, 0.1) is 35.0 Å². The number of para-hydroxylation sites is 1. The molecule has 2 aromatic carbocycles. The van der Waals surface area contributed by atoms with Crippen LogP contribution in [0.5, 0.6) is 11.5 Å². The Morgan fingerprint density at radius 3 is 2.41 bits per heavy atom. The van der Waals surface area contributed by atoms with Crippen LogP contribution in [-0.2, 0) is 19.2 Å². The Balaban J connectivity index is 1.31. The number of nitrogens with zero attached hydrogens (tertiary/aromatic N) is 2. The summed E-state index contributed by atoms with van der Waals surface area (Å²) in [7, 11) is 1.49. The zero-order valence-corrected chi connectivity index (χ0v) is 25.1. The van der Waals surface area contributed by atoms with Crippen LogP contribution in [0.2, 0.25) is 0 Å². The minimum atomic E-state index is -1.08. The molecule has 228 valence electrons. The molecular formula is C36H38N2O6. The molecule has 0 spiro atoms. The summed E-state index contributed by atoms with van der Waals surface area (Å²) < 4.78 is 5.30. The van der Waals surface area contributed by atoms with Gasteiger partial charge in [0, 0.05) is 12.0 Å². The Morgan fingerprint density at radius 1 is 0.932 bits per heavy atom. The summed E-state index contributed by atoms with van der Waals surface area (Å²) in [6.07, 6.45) is 11.6. The average Bonchev–Trinajstić information content (AvgIpc) is 3.41. The molecule has 2 aromatic rings. The van der Waals surface area contributed by atoms with Crippen molar-refractivity contribution in [1.82, 2.24) is 4.90 Å². The molecule has 4 amide bonds. The number of ether oxygens (including phenoxy) is 1. The third-order valence-corrected chi connectivity index (χ3v) is 11.0. The summed E-state index contributed by atoms with van der Waals surface area (Å²) in [5, 5.41) is 10.1. The molecule has 3 aliphatic carbocycles. The highest BCUT2D eigenvalue weighted by Crippen LogP contribution is 2.61. The molecular weight excluding hydrogens is 556 g/mol. The summed E-state index contributed by atoms with van der Waals surface area (Å²) >= 11 is 0. The van der Waals surface area contributed by atoms with Gasteiger partial charge < -0.3 is 9.84 Å². The maximum absolute atomic E-state index is 14.4. The monoisotopic (exact) mass is 594 g/mol. The summed E-state index contributed by atoms with van der Waals surface area (Å²) in [6, 6.07) is 14.0. The first-order valence-electron chi connectivity index (χ1n) is 15.8. The number of fused-ring (bicyclic) bond motifs is 4. The third-order valence-electron chi connectivity index (χ3n) is 11.0. The molecule has 1 N–H and O–H groups in total. The normalized spacial score (nSPS) is 32.1. The van der Waals surface area contributed by atoms with Gasteiger partial charge in [-0.05, 0) is 68.4 Å². The van der Waals surface area contributed by atoms with Gasteiger partial charge in [0.2, 0.25) is 23.6 Å². The molecule has 8 nitrogen and oxygen atoms in total. The summed E-state index contributed by atoms with van der Waals surface area (Å²) in [4.78, 5) is 59.4. The van der Waals surface area contributed by atoms with Crippen molar-refractivity contribution in [3.8, 4) is 11.5 Å². The first kappa shape index (κ1) is 28.6. The number of hydrogen-bond acceptors (Lipinski definition) is 6. The van der Waals surface area contributed by atoms with E-state index >= 15 is 0 Å². The molecule has 2 heterocycles. The number of phenolic OH excluding ortho intramolecular Hbond substituents is 1. The largest absolute Gasteiger partial charge is 0.504 e. The van der Waals surface area contributed by atoms with Gasteiger partial charge >= 0.3 is 0 Å². The maximum Gasteiger partial charge on any atom is 0.241 e. The van der Waals surface area contributed by atoms with Crippen molar-refractivity contribution >= 4 is 35.4 Å². The van der Waals surface area contributed by atoms with Gasteiger partial charge in [0.15, 0.2) is 11.5 Å². The van der Waals surface area contributed by atoms with Gasteiger partial charge in [-0.1, -0.05) is 67.3 Å². The molecule has 6 unspecified atom stereocenters. The Labute approximate surface area is 257 Å². The molecule has 2 aliphatic heterocycles. The number of amides is 4. The minimum absolute atomic E-state index is 0.0254. The second-order valence-corrected chi connectivity index (χ2v) is 13.2. The molecule has 4 fully saturated rings. The van der Waals surface area contributed by atoms with E-state index in [4.69, 9.17) is 4.74 Å². The average molecular weight is 595 g/mol. The highest BCUT2D eigenvalue weighted by molar-refractivity contribution is 6.24. The lowest BCUT2D eigenvalue weighted by Crippen LogP contribution is -2.49. The van der Waals surface area contributed by atoms with E-state index in [-0.39, 0.29) is 41.3 Å². The highest BCUT2D eigenvalue weighted by atomic mass is 16.5. The van der Waals surface area contributed by atoms with Gasteiger partial charge in [-0.2, -0.15) is 0 Å². The van der Waals surface area contributed by atoms with E-state index in [1.807, 2.05) is 37.3 Å². The molecule has 0 bridgehead atoms. The van der Waals surface area contributed by atoms with Crippen molar-refractivity contribution in [3.63, 3.8) is 0 Å². The number of rotatable bonds is 5. The van der Waals surface area contributed by atoms with Gasteiger partial charge in [0.25, 0.3) is 0 Å². The Kier molecular flexibility index (Phi) is 6.98. The number of imide groups is 2. The number of benzene rings is 2. The first-order chi connectivity index (χ1) is 21.3. The van der Waals surface area contributed by atoms with Crippen molar-refractivity contribution in [2.75, 3.05) is 12.0 Å². The van der Waals surface area contributed by atoms with Crippen LogP contribution in [0.4, 0.5) is 5.69 Å². The van der Waals surface area contributed by atoms with Gasteiger partial charge in [-0.15, -0.1) is 0 Å². The van der Waals surface area contributed by atoms with Crippen molar-refractivity contribution < 1.29 is 29.0 Å². The van der Waals surface area contributed by atoms with Crippen LogP contribution in [0.3, 0.4) is 0 Å². The fourth-order valence-corrected chi connectivity index (χ4v) is 8.77. The lowest BCUT2D eigenvalue weighted by atomic mass is 9.52. The fourth-order valence-electron chi connectivity index (χ4n) is 8.77. The zero-order valence-electron chi connectivity index (χ0n) is 25.1. The number of allylic oxidation sites excluding steroid dienone is 3. The fraction of sp³-hybridized carbons (Fsp3) is 0.444. The molecule has 0 radical (unpaired) electrons. The van der Waals surface area contributed by atoms with Crippen molar-refractivity contribution in [3.05, 3.63) is 71.8 Å². The van der Waals surface area contributed by atoms with Crippen LogP contribution in [0.25, 0.3) is 6.08 Å². The summed E-state index contributed by atoms with van der Waals surface area (Å²) in [6.45, 7) is 1.88. The SMILES string of the molecule is COc1cc(C=CC2C3=CCC4C(=O)N(C5CCCCC5)C(=O)C4C3CC3C(=O)N(c4ccccc4)C(=O)C23C)ccc1O. The van der Waals surface area contributed by atoms with Crippen molar-refractivity contribution in [1.29, 1.82) is 0 Å². The van der Waals surface area contributed by atoms with Gasteiger partial charge in [-0.25, -0.2) is 4.90 Å². The number of hydrogen-bond donors (Lipinski definition) is 1. The van der Waals surface area contributed by atoms with Crippen LogP contribution in [-0.4, -0.2) is 46.8 Å². The Hall–Kier alpha value is -4.20. The summed E-state index contributed by atoms with van der Waals surface area (Å²) in [5.74, 6) is -2.70. The first-order valence-corrected chi connectivity index (χ1v) is 15.8. The summed E-state index contributed by atoms with van der Waals surface area (Å²) in [5.41, 5.74) is 1.20. The smallest absolute Gasteiger partial charge is 0.241 e. The number of aromatic hydroxyl groups is 1. The predicted molar refractivity (Wildman–Crippen MR) is 164 cm³/mol. The molecule has 44 heavy (non-hydrogen) atoms. The molecule has 0 aromatic heterocycles. The van der Waals surface area contributed by atoms with E-state index in [0.29, 0.717) is 24.3 Å². The van der Waals surface area contributed by atoms with Gasteiger partial charge in [-0.3, -0.25) is 24.1 Å². The molecule has 6 atom stereocenters. The van der Waals surface area contributed by atoms with Gasteiger partial charge in [0.05, 0.1) is 36.0 Å². The molecule has 7 rings (SSSR count). The van der Waals surface area contributed by atoms with Crippen LogP contribution < -0.4 is 9.64 Å². The number of likely N-dealkylation sites (tertiary alicyclic amines) is 1. The Bertz CT molecular complexity index is 1590. The van der Waals surface area contributed by atoms with E-state index < -0.39 is 29.1 Å². The number of carbonyl (C=O) groups is 4. The van der Waals surface area contributed by atoms with Crippen molar-refractivity contribution in [2.24, 2.45) is 35.0 Å². The quantitative estimate of drug-likeness (QED) is 0.362. The number of phenols is 1. The minimum Gasteiger partial charge on any atom is -0.504 e. The second kappa shape index (κ2) is 10.8. The van der Waals surface area contributed by atoms with Crippen LogP contribution >= 0.6 is 0 Å². The third kappa shape index (κ3) is 4.17. The van der Waals surface area contributed by atoms with Gasteiger partial charge in [0.1, 0.15) is 0 Å². The second-order valence-electron chi connectivity index (χ2n) is 13.2. The number of methoxy groups -OCH3 is 1.